The van der Waals surface area contributed by atoms with Crippen LogP contribution in [0.4, 0.5) is 0 Å². The molecule has 0 atom stereocenters. The summed E-state index contributed by atoms with van der Waals surface area (Å²) < 4.78 is 0. The van der Waals surface area contributed by atoms with E-state index in [0.29, 0.717) is 6.04 Å². The van der Waals surface area contributed by atoms with Crippen LogP contribution in [0.3, 0.4) is 0 Å². The number of fused-ring (bicyclic) bond motifs is 1. The quantitative estimate of drug-likeness (QED) is 0.649. The highest BCUT2D eigenvalue weighted by atomic mass is 32.1. The summed E-state index contributed by atoms with van der Waals surface area (Å²) >= 11 is 1.80. The van der Waals surface area contributed by atoms with Gasteiger partial charge >= 0.3 is 0 Å². The van der Waals surface area contributed by atoms with E-state index >= 15 is 0 Å². The molecule has 1 fully saturated rings. The van der Waals surface area contributed by atoms with Crippen LogP contribution in [-0.4, -0.2) is 42.4 Å². The van der Waals surface area contributed by atoms with Gasteiger partial charge in [-0.3, -0.25) is 4.79 Å². The van der Waals surface area contributed by atoms with E-state index in [9.17, 15) is 4.79 Å². The molecule has 0 spiro atoms. The number of aliphatic imine (C=N–C) groups is 1. The Hall–Kier alpha value is -1.56. The van der Waals surface area contributed by atoms with Gasteiger partial charge in [-0.15, -0.1) is 11.3 Å². The van der Waals surface area contributed by atoms with Gasteiger partial charge in [-0.05, 0) is 43.2 Å². The Morgan fingerprint density at radius 3 is 3.00 bits per heavy atom. The standard InChI is InChI=1S/C18H28N4OS/c1-2-19-18(21-15-6-4-3-5-7-15)20-12-17(23)22-10-8-16-14(13-22)9-11-24-16/h9,11,15H,2-8,10,12-13H2,1H3,(H2,19,20,21). The van der Waals surface area contributed by atoms with Gasteiger partial charge in [-0.25, -0.2) is 4.99 Å². The molecule has 0 radical (unpaired) electrons. The zero-order valence-corrected chi connectivity index (χ0v) is 15.3. The van der Waals surface area contributed by atoms with Crippen molar-refractivity contribution < 1.29 is 4.79 Å². The van der Waals surface area contributed by atoms with Crippen molar-refractivity contribution in [2.75, 3.05) is 19.6 Å². The molecule has 0 saturated heterocycles. The van der Waals surface area contributed by atoms with Crippen LogP contribution in [0.5, 0.6) is 0 Å². The molecule has 6 heteroatoms. The van der Waals surface area contributed by atoms with Gasteiger partial charge in [-0.1, -0.05) is 19.3 Å². The molecule has 0 bridgehead atoms. The van der Waals surface area contributed by atoms with Crippen LogP contribution in [0.25, 0.3) is 0 Å². The fourth-order valence-electron chi connectivity index (χ4n) is 3.47. The van der Waals surface area contributed by atoms with Crippen molar-refractivity contribution in [3.63, 3.8) is 0 Å². The lowest BCUT2D eigenvalue weighted by atomic mass is 9.96. The fourth-order valence-corrected chi connectivity index (χ4v) is 4.36. The Morgan fingerprint density at radius 2 is 2.21 bits per heavy atom. The Bertz CT molecular complexity index is 577. The minimum atomic E-state index is 0.118. The first-order valence-electron chi connectivity index (χ1n) is 9.14. The normalized spacial score (nSPS) is 19.0. The zero-order valence-electron chi connectivity index (χ0n) is 14.5. The summed E-state index contributed by atoms with van der Waals surface area (Å²) in [6.07, 6.45) is 7.28. The summed E-state index contributed by atoms with van der Waals surface area (Å²) in [6, 6.07) is 2.63. The second kappa shape index (κ2) is 8.51. The third kappa shape index (κ3) is 4.50. The van der Waals surface area contributed by atoms with Crippen molar-refractivity contribution in [1.82, 2.24) is 15.5 Å². The van der Waals surface area contributed by atoms with Crippen LogP contribution in [0, 0.1) is 0 Å². The third-order valence-electron chi connectivity index (χ3n) is 4.82. The maximum absolute atomic E-state index is 12.5. The molecule has 2 N–H and O–H groups in total. The summed E-state index contributed by atoms with van der Waals surface area (Å²) in [5, 5.41) is 8.89. The topological polar surface area (TPSA) is 56.7 Å². The number of guanidine groups is 1. The van der Waals surface area contributed by atoms with Gasteiger partial charge in [0.2, 0.25) is 5.91 Å². The molecule has 0 unspecified atom stereocenters. The van der Waals surface area contributed by atoms with E-state index in [1.807, 2.05) is 4.90 Å². The first kappa shape index (κ1) is 17.3. The van der Waals surface area contributed by atoms with Crippen LogP contribution >= 0.6 is 11.3 Å². The van der Waals surface area contributed by atoms with Gasteiger partial charge in [0.25, 0.3) is 0 Å². The minimum Gasteiger partial charge on any atom is -0.357 e. The molecular formula is C18H28N4OS. The molecule has 1 aliphatic carbocycles. The highest BCUT2D eigenvalue weighted by Crippen LogP contribution is 2.24. The van der Waals surface area contributed by atoms with E-state index in [0.717, 1.165) is 32.0 Å². The number of hydrogen-bond acceptors (Lipinski definition) is 3. The van der Waals surface area contributed by atoms with E-state index in [1.165, 1.54) is 42.5 Å². The molecule has 24 heavy (non-hydrogen) atoms. The predicted molar refractivity (Wildman–Crippen MR) is 99.4 cm³/mol. The van der Waals surface area contributed by atoms with Crippen LogP contribution in [0.15, 0.2) is 16.4 Å². The SMILES string of the molecule is CCNC(=NCC(=O)N1CCc2sccc2C1)NC1CCCCC1. The number of hydrogen-bond donors (Lipinski definition) is 2. The molecule has 132 valence electrons. The molecule has 1 aromatic heterocycles. The van der Waals surface area contributed by atoms with Crippen LogP contribution in [0.1, 0.15) is 49.5 Å². The summed E-state index contributed by atoms with van der Waals surface area (Å²) in [6.45, 7) is 4.65. The Kier molecular flexibility index (Phi) is 6.12. The number of carbonyl (C=O) groups excluding carboxylic acids is 1. The first-order valence-corrected chi connectivity index (χ1v) is 10.0. The first-order chi connectivity index (χ1) is 11.8. The van der Waals surface area contributed by atoms with E-state index in [2.05, 4.69) is 34.0 Å². The van der Waals surface area contributed by atoms with Crippen LogP contribution in [0.2, 0.25) is 0 Å². The van der Waals surface area contributed by atoms with E-state index in [4.69, 9.17) is 0 Å². The Morgan fingerprint density at radius 1 is 1.38 bits per heavy atom. The predicted octanol–water partition coefficient (Wildman–Crippen LogP) is 2.52. The average Bonchev–Trinajstić information content (AvgIpc) is 3.08. The molecule has 5 nitrogen and oxygen atoms in total. The number of nitrogens with zero attached hydrogens (tertiary/aromatic N) is 2. The number of carbonyl (C=O) groups is 1. The number of nitrogens with one attached hydrogen (secondary N) is 2. The monoisotopic (exact) mass is 348 g/mol. The zero-order chi connectivity index (χ0) is 16.8. The van der Waals surface area contributed by atoms with E-state index < -0.39 is 0 Å². The maximum atomic E-state index is 12.5. The summed E-state index contributed by atoms with van der Waals surface area (Å²) in [5.74, 6) is 0.902. The minimum absolute atomic E-state index is 0.118. The maximum Gasteiger partial charge on any atom is 0.244 e. The third-order valence-corrected chi connectivity index (χ3v) is 5.85. The van der Waals surface area contributed by atoms with Gasteiger partial charge < -0.3 is 15.5 Å². The van der Waals surface area contributed by atoms with Crippen molar-refractivity contribution in [3.05, 3.63) is 21.9 Å². The molecular weight excluding hydrogens is 320 g/mol. The van der Waals surface area contributed by atoms with Crippen molar-refractivity contribution in [3.8, 4) is 0 Å². The second-order valence-corrected chi connectivity index (χ2v) is 7.61. The Balaban J connectivity index is 1.54. The second-order valence-electron chi connectivity index (χ2n) is 6.61. The van der Waals surface area contributed by atoms with Crippen molar-refractivity contribution in [2.24, 2.45) is 4.99 Å². The van der Waals surface area contributed by atoms with E-state index in [1.54, 1.807) is 11.3 Å². The largest absolute Gasteiger partial charge is 0.357 e. The summed E-state index contributed by atoms with van der Waals surface area (Å²) in [7, 11) is 0. The lowest BCUT2D eigenvalue weighted by Crippen LogP contribution is -2.45. The lowest BCUT2D eigenvalue weighted by Gasteiger charge is -2.27. The number of amides is 1. The number of thiophene rings is 1. The molecule has 0 aromatic carbocycles. The fraction of sp³-hybridized carbons (Fsp3) is 0.667. The van der Waals surface area contributed by atoms with Gasteiger partial charge in [0.1, 0.15) is 6.54 Å². The molecule has 1 saturated carbocycles. The van der Waals surface area contributed by atoms with Crippen molar-refractivity contribution in [1.29, 1.82) is 0 Å². The van der Waals surface area contributed by atoms with Gasteiger partial charge in [0.15, 0.2) is 5.96 Å². The number of rotatable bonds is 4. The van der Waals surface area contributed by atoms with Gasteiger partial charge in [0.05, 0.1) is 0 Å². The molecule has 1 amide bonds. The average molecular weight is 349 g/mol. The highest BCUT2D eigenvalue weighted by molar-refractivity contribution is 7.10. The van der Waals surface area contributed by atoms with Crippen molar-refractivity contribution in [2.45, 2.75) is 58.0 Å². The van der Waals surface area contributed by atoms with Crippen LogP contribution < -0.4 is 10.6 Å². The molecule has 2 aliphatic rings. The summed E-state index contributed by atoms with van der Waals surface area (Å²) in [4.78, 5) is 20.4. The molecule has 2 heterocycles. The van der Waals surface area contributed by atoms with Crippen molar-refractivity contribution >= 4 is 23.2 Å². The highest BCUT2D eigenvalue weighted by Gasteiger charge is 2.21. The molecule has 3 rings (SSSR count). The van der Waals surface area contributed by atoms with Gasteiger partial charge in [0, 0.05) is 30.6 Å². The lowest BCUT2D eigenvalue weighted by molar-refractivity contribution is -0.130. The Labute approximate surface area is 148 Å². The molecule has 1 aromatic rings. The van der Waals surface area contributed by atoms with Gasteiger partial charge in [-0.2, -0.15) is 0 Å². The molecule has 1 aliphatic heterocycles. The van der Waals surface area contributed by atoms with Crippen LogP contribution in [-0.2, 0) is 17.8 Å². The summed E-state index contributed by atoms with van der Waals surface area (Å²) in [5.41, 5.74) is 1.30. The van der Waals surface area contributed by atoms with E-state index in [-0.39, 0.29) is 12.5 Å². The smallest absolute Gasteiger partial charge is 0.244 e.